The summed E-state index contributed by atoms with van der Waals surface area (Å²) >= 11 is 0. The lowest BCUT2D eigenvalue weighted by molar-refractivity contribution is 0.120. The zero-order valence-corrected chi connectivity index (χ0v) is 18.8. The first-order chi connectivity index (χ1) is 15.0. The number of benzene rings is 1. The Balaban J connectivity index is 1.31. The molecule has 0 bridgehead atoms. The summed E-state index contributed by atoms with van der Waals surface area (Å²) < 4.78 is 10.7. The number of carbonyl (C=O) groups excluding carboxylic acids is 1. The predicted octanol–water partition coefficient (Wildman–Crippen LogP) is 3.75. The number of carbonyl (C=O) groups is 1. The van der Waals surface area contributed by atoms with Gasteiger partial charge in [0.05, 0.1) is 7.11 Å². The van der Waals surface area contributed by atoms with Crippen LogP contribution in [0.25, 0.3) is 11.4 Å². The van der Waals surface area contributed by atoms with Crippen molar-refractivity contribution in [2.45, 2.75) is 33.1 Å². The van der Waals surface area contributed by atoms with Crippen molar-refractivity contribution in [1.29, 1.82) is 0 Å². The van der Waals surface area contributed by atoms with E-state index in [1.54, 1.807) is 7.11 Å². The van der Waals surface area contributed by atoms with Crippen LogP contribution in [0, 0.1) is 11.8 Å². The minimum Gasteiger partial charge on any atom is -0.497 e. The maximum absolute atomic E-state index is 13.0. The van der Waals surface area contributed by atoms with E-state index in [1.165, 1.54) is 12.8 Å². The number of aromatic nitrogens is 2. The van der Waals surface area contributed by atoms with E-state index in [2.05, 4.69) is 33.8 Å². The molecule has 1 unspecified atom stereocenters. The number of piperidine rings is 1. The van der Waals surface area contributed by atoms with Gasteiger partial charge in [-0.15, -0.1) is 0 Å². The van der Waals surface area contributed by atoms with E-state index in [1.807, 2.05) is 29.2 Å². The Bertz CT molecular complexity index is 858. The molecule has 2 amide bonds. The van der Waals surface area contributed by atoms with Crippen molar-refractivity contribution in [2.75, 3.05) is 51.3 Å². The quantitative estimate of drug-likeness (QED) is 0.724. The Morgan fingerprint density at radius 1 is 1.13 bits per heavy atom. The monoisotopic (exact) mass is 427 g/mol. The van der Waals surface area contributed by atoms with Crippen molar-refractivity contribution in [1.82, 2.24) is 19.9 Å². The number of anilines is 1. The minimum absolute atomic E-state index is 0.178. The third kappa shape index (κ3) is 5.11. The number of hydrogen-bond donors (Lipinski definition) is 0. The molecule has 1 aromatic carbocycles. The minimum atomic E-state index is 0.178. The van der Waals surface area contributed by atoms with Crippen molar-refractivity contribution in [2.24, 2.45) is 11.8 Å². The van der Waals surface area contributed by atoms with Gasteiger partial charge in [0.2, 0.25) is 5.82 Å². The van der Waals surface area contributed by atoms with Gasteiger partial charge in [-0.05, 0) is 55.4 Å². The van der Waals surface area contributed by atoms with Gasteiger partial charge in [0.1, 0.15) is 5.75 Å². The van der Waals surface area contributed by atoms with Gasteiger partial charge in [0.25, 0.3) is 0 Å². The van der Waals surface area contributed by atoms with Gasteiger partial charge in [-0.2, -0.15) is 4.98 Å². The molecule has 3 heterocycles. The molecular formula is C23H33N5O3. The average molecular weight is 428 g/mol. The number of ether oxygens (including phenoxy) is 1. The van der Waals surface area contributed by atoms with E-state index in [9.17, 15) is 4.79 Å². The van der Waals surface area contributed by atoms with Gasteiger partial charge < -0.3 is 24.0 Å². The van der Waals surface area contributed by atoms with E-state index < -0.39 is 0 Å². The molecule has 0 spiro atoms. The number of amides is 2. The number of nitrogens with zero attached hydrogens (tertiary/aromatic N) is 5. The number of urea groups is 1. The molecule has 1 atom stereocenters. The summed E-state index contributed by atoms with van der Waals surface area (Å²) in [6.07, 6.45) is 3.55. The number of likely N-dealkylation sites (tertiary alicyclic amines) is 1. The third-order valence-electron chi connectivity index (χ3n) is 6.18. The second-order valence-electron chi connectivity index (χ2n) is 8.97. The fraction of sp³-hybridized carbons (Fsp3) is 0.609. The molecule has 1 aromatic heterocycles. The zero-order chi connectivity index (χ0) is 21.8. The van der Waals surface area contributed by atoms with Crippen molar-refractivity contribution in [3.63, 3.8) is 0 Å². The summed E-state index contributed by atoms with van der Waals surface area (Å²) in [5, 5.41) is 4.12. The highest BCUT2D eigenvalue weighted by Gasteiger charge is 2.30. The molecule has 2 fully saturated rings. The van der Waals surface area contributed by atoms with Crippen LogP contribution in [0.4, 0.5) is 10.8 Å². The summed E-state index contributed by atoms with van der Waals surface area (Å²) in [5.74, 6) is 2.66. The number of hydrogen-bond acceptors (Lipinski definition) is 6. The molecule has 31 heavy (non-hydrogen) atoms. The molecule has 4 rings (SSSR count). The lowest BCUT2D eigenvalue weighted by atomic mass is 9.90. The normalized spacial score (nSPS) is 19.7. The van der Waals surface area contributed by atoms with E-state index in [0.29, 0.717) is 49.9 Å². The summed E-state index contributed by atoms with van der Waals surface area (Å²) in [4.78, 5) is 23.7. The zero-order valence-electron chi connectivity index (χ0n) is 18.8. The first-order valence-electron chi connectivity index (χ1n) is 11.3. The summed E-state index contributed by atoms with van der Waals surface area (Å²) in [7, 11) is 1.64. The second-order valence-corrected chi connectivity index (χ2v) is 8.97. The lowest BCUT2D eigenvalue weighted by Gasteiger charge is -2.40. The maximum atomic E-state index is 13.0. The van der Waals surface area contributed by atoms with Gasteiger partial charge in [-0.1, -0.05) is 19.0 Å². The Hall–Kier alpha value is -2.77. The average Bonchev–Trinajstić information content (AvgIpc) is 3.29. The smallest absolute Gasteiger partial charge is 0.324 e. The van der Waals surface area contributed by atoms with Crippen LogP contribution in [0.1, 0.15) is 33.1 Å². The molecule has 2 aliphatic heterocycles. The van der Waals surface area contributed by atoms with Gasteiger partial charge in [-0.3, -0.25) is 0 Å². The molecule has 2 saturated heterocycles. The van der Waals surface area contributed by atoms with Crippen molar-refractivity contribution < 1.29 is 14.1 Å². The van der Waals surface area contributed by atoms with E-state index in [0.717, 1.165) is 30.8 Å². The van der Waals surface area contributed by atoms with Gasteiger partial charge in [0, 0.05) is 44.8 Å². The third-order valence-corrected chi connectivity index (χ3v) is 6.18. The summed E-state index contributed by atoms with van der Waals surface area (Å²) in [5.41, 5.74) is 0.880. The van der Waals surface area contributed by atoms with Crippen LogP contribution in [0.5, 0.6) is 5.75 Å². The lowest BCUT2D eigenvalue weighted by Crippen LogP contribution is -2.54. The molecule has 0 saturated carbocycles. The first kappa shape index (κ1) is 21.5. The van der Waals surface area contributed by atoms with Crippen LogP contribution in [0.2, 0.25) is 0 Å². The molecule has 0 N–H and O–H groups in total. The fourth-order valence-corrected chi connectivity index (χ4v) is 4.59. The Morgan fingerprint density at radius 2 is 1.87 bits per heavy atom. The molecule has 2 aromatic rings. The molecule has 2 aliphatic rings. The molecule has 168 valence electrons. The van der Waals surface area contributed by atoms with Crippen LogP contribution in [0.3, 0.4) is 0 Å². The van der Waals surface area contributed by atoms with Crippen molar-refractivity contribution in [3.05, 3.63) is 24.3 Å². The number of piperazine rings is 1. The largest absolute Gasteiger partial charge is 0.497 e. The van der Waals surface area contributed by atoms with Gasteiger partial charge >= 0.3 is 12.0 Å². The van der Waals surface area contributed by atoms with Crippen LogP contribution in [-0.4, -0.2) is 72.3 Å². The highest BCUT2D eigenvalue weighted by Crippen LogP contribution is 2.25. The highest BCUT2D eigenvalue weighted by molar-refractivity contribution is 5.75. The predicted molar refractivity (Wildman–Crippen MR) is 119 cm³/mol. The Labute approximate surface area is 184 Å². The van der Waals surface area contributed by atoms with Crippen LogP contribution in [-0.2, 0) is 0 Å². The first-order valence-corrected chi connectivity index (χ1v) is 11.3. The van der Waals surface area contributed by atoms with Gasteiger partial charge in [0.15, 0.2) is 0 Å². The molecular weight excluding hydrogens is 394 g/mol. The van der Waals surface area contributed by atoms with E-state index >= 15 is 0 Å². The van der Waals surface area contributed by atoms with Crippen LogP contribution >= 0.6 is 0 Å². The number of methoxy groups -OCH3 is 1. The topological polar surface area (TPSA) is 74.9 Å². The highest BCUT2D eigenvalue weighted by atomic mass is 16.5. The fourth-order valence-electron chi connectivity index (χ4n) is 4.59. The maximum Gasteiger partial charge on any atom is 0.324 e. The van der Waals surface area contributed by atoms with Crippen LogP contribution in [0.15, 0.2) is 28.8 Å². The Kier molecular flexibility index (Phi) is 6.63. The molecule has 0 aliphatic carbocycles. The second kappa shape index (κ2) is 9.58. The summed E-state index contributed by atoms with van der Waals surface area (Å²) in [6.45, 7) is 9.02. The molecule has 8 heteroatoms. The Morgan fingerprint density at radius 3 is 2.55 bits per heavy atom. The standard InChI is InChI=1S/C23H33N5O3/c1-17(2)15-18-5-4-10-28(16-18)23(29)27-13-11-26(12-14-27)22-24-21(25-31-22)19-6-8-20(30-3)9-7-19/h6-9,17-18H,4-5,10-16H2,1-3H3. The molecule has 8 nitrogen and oxygen atoms in total. The van der Waals surface area contributed by atoms with Crippen LogP contribution < -0.4 is 9.64 Å². The number of rotatable bonds is 5. The van der Waals surface area contributed by atoms with E-state index in [-0.39, 0.29) is 6.03 Å². The summed E-state index contributed by atoms with van der Waals surface area (Å²) in [6, 6.07) is 8.26. The van der Waals surface area contributed by atoms with Crippen molar-refractivity contribution >= 4 is 12.0 Å². The van der Waals surface area contributed by atoms with Crippen molar-refractivity contribution in [3.8, 4) is 17.1 Å². The van der Waals surface area contributed by atoms with E-state index in [4.69, 9.17) is 9.26 Å². The van der Waals surface area contributed by atoms with Gasteiger partial charge in [-0.25, -0.2) is 4.79 Å². The SMILES string of the molecule is COc1ccc(-c2noc(N3CCN(C(=O)N4CCCC(CC(C)C)C4)CC3)n2)cc1. The molecule has 0 radical (unpaired) electrons.